The molecular weight excluding hydrogens is 320 g/mol. The van der Waals surface area contributed by atoms with Crippen molar-refractivity contribution in [3.8, 4) is 17.6 Å². The Bertz CT molecular complexity index is 659. The molecule has 0 aliphatic heterocycles. The fourth-order valence-corrected chi connectivity index (χ4v) is 1.54. The quantitative estimate of drug-likeness (QED) is 0.854. The molecule has 0 spiro atoms. The van der Waals surface area contributed by atoms with Crippen LogP contribution >= 0.6 is 25.7 Å². The standard InChI is InChI=1S/C7H8N2OS.C7H6N2O.H2S/c1-10-6-2-3-9-4-5(6)7(8)11;1-10-7-2-3-9-5-6(7)4-8;/h2-4H,1H3,(H2,8,11);2-3,5H,1H3;1H2. The molecule has 0 amide bonds. The van der Waals surface area contributed by atoms with Crippen LogP contribution in [-0.2, 0) is 0 Å². The van der Waals surface area contributed by atoms with E-state index in [0.29, 0.717) is 27.6 Å². The van der Waals surface area contributed by atoms with Crippen LogP contribution in [0.25, 0.3) is 0 Å². The molecule has 0 aliphatic rings. The molecule has 0 atom stereocenters. The number of hydrogen-bond acceptors (Lipinski definition) is 6. The van der Waals surface area contributed by atoms with Gasteiger partial charge in [-0.05, 0) is 12.1 Å². The van der Waals surface area contributed by atoms with Crippen LogP contribution < -0.4 is 15.2 Å². The van der Waals surface area contributed by atoms with Crippen LogP contribution in [0.1, 0.15) is 11.1 Å². The normalized spacial score (nSPS) is 8.41. The first-order chi connectivity index (χ1) is 10.1. The summed E-state index contributed by atoms with van der Waals surface area (Å²) < 4.78 is 9.87. The van der Waals surface area contributed by atoms with Crippen molar-refractivity contribution in [1.29, 1.82) is 5.26 Å². The first kappa shape index (κ1) is 19.6. The summed E-state index contributed by atoms with van der Waals surface area (Å²) in [5.41, 5.74) is 6.54. The van der Waals surface area contributed by atoms with E-state index in [1.807, 2.05) is 6.07 Å². The zero-order chi connectivity index (χ0) is 15.7. The van der Waals surface area contributed by atoms with Crippen LogP contribution in [-0.4, -0.2) is 29.2 Å². The van der Waals surface area contributed by atoms with Gasteiger partial charge in [-0.2, -0.15) is 18.8 Å². The smallest absolute Gasteiger partial charge is 0.139 e. The lowest BCUT2D eigenvalue weighted by atomic mass is 10.2. The molecule has 6 nitrogen and oxygen atoms in total. The van der Waals surface area contributed by atoms with Crippen LogP contribution in [0.5, 0.6) is 11.5 Å². The van der Waals surface area contributed by atoms with Gasteiger partial charge in [-0.15, -0.1) is 0 Å². The van der Waals surface area contributed by atoms with Gasteiger partial charge in [0.2, 0.25) is 0 Å². The molecule has 0 unspecified atom stereocenters. The van der Waals surface area contributed by atoms with Crippen LogP contribution in [0.4, 0.5) is 0 Å². The van der Waals surface area contributed by atoms with E-state index in [1.54, 1.807) is 37.8 Å². The van der Waals surface area contributed by atoms with E-state index in [0.717, 1.165) is 0 Å². The number of aromatic nitrogens is 2. The van der Waals surface area contributed by atoms with Crippen molar-refractivity contribution in [2.45, 2.75) is 0 Å². The number of pyridine rings is 2. The van der Waals surface area contributed by atoms with Crippen LogP contribution in [0.2, 0.25) is 0 Å². The summed E-state index contributed by atoms with van der Waals surface area (Å²) in [6.07, 6.45) is 6.26. The molecule has 0 radical (unpaired) electrons. The highest BCUT2D eigenvalue weighted by molar-refractivity contribution is 7.80. The number of nitrogens with two attached hydrogens (primary N) is 1. The molecule has 0 saturated heterocycles. The van der Waals surface area contributed by atoms with Crippen LogP contribution in [0.15, 0.2) is 36.9 Å². The van der Waals surface area contributed by atoms with Crippen molar-refractivity contribution in [2.24, 2.45) is 5.73 Å². The molecule has 0 fully saturated rings. The van der Waals surface area contributed by atoms with Gasteiger partial charge < -0.3 is 15.2 Å². The van der Waals surface area contributed by atoms with Crippen LogP contribution in [0.3, 0.4) is 0 Å². The third kappa shape index (κ3) is 5.55. The molecule has 2 N–H and O–H groups in total. The van der Waals surface area contributed by atoms with Gasteiger partial charge in [0.15, 0.2) is 0 Å². The van der Waals surface area contributed by atoms with Crippen molar-refractivity contribution in [3.63, 3.8) is 0 Å². The molecule has 0 bridgehead atoms. The van der Waals surface area contributed by atoms with E-state index in [2.05, 4.69) is 9.97 Å². The highest BCUT2D eigenvalue weighted by Crippen LogP contribution is 2.15. The lowest BCUT2D eigenvalue weighted by molar-refractivity contribution is 0.413. The summed E-state index contributed by atoms with van der Waals surface area (Å²) in [4.78, 5) is 7.93. The molecule has 22 heavy (non-hydrogen) atoms. The number of ether oxygens (including phenoxy) is 2. The maximum Gasteiger partial charge on any atom is 0.139 e. The average Bonchev–Trinajstić information content (AvgIpc) is 2.55. The second-order valence-electron chi connectivity index (χ2n) is 3.63. The summed E-state index contributed by atoms with van der Waals surface area (Å²) >= 11 is 4.77. The molecule has 116 valence electrons. The lowest BCUT2D eigenvalue weighted by Crippen LogP contribution is -2.11. The van der Waals surface area contributed by atoms with E-state index in [9.17, 15) is 0 Å². The minimum atomic E-state index is 0. The fourth-order valence-electron chi connectivity index (χ4n) is 1.39. The van der Waals surface area contributed by atoms with Crippen LogP contribution in [0, 0.1) is 11.3 Å². The monoisotopic (exact) mass is 336 g/mol. The lowest BCUT2D eigenvalue weighted by Gasteiger charge is -2.03. The van der Waals surface area contributed by atoms with Gasteiger partial charge in [-0.25, -0.2) is 0 Å². The summed E-state index contributed by atoms with van der Waals surface area (Å²) in [7, 11) is 3.09. The molecule has 0 aromatic carbocycles. The van der Waals surface area contributed by atoms with Gasteiger partial charge in [0, 0.05) is 24.8 Å². The minimum absolute atomic E-state index is 0. The predicted molar refractivity (Wildman–Crippen MR) is 92.6 cm³/mol. The van der Waals surface area contributed by atoms with Gasteiger partial charge in [0.25, 0.3) is 0 Å². The first-order valence-electron chi connectivity index (χ1n) is 5.80. The molecule has 2 rings (SSSR count). The Balaban J connectivity index is 0.000000385. The van der Waals surface area contributed by atoms with Crippen molar-refractivity contribution < 1.29 is 9.47 Å². The minimum Gasteiger partial charge on any atom is -0.496 e. The third-order valence-electron chi connectivity index (χ3n) is 2.39. The van der Waals surface area contributed by atoms with E-state index < -0.39 is 0 Å². The highest BCUT2D eigenvalue weighted by atomic mass is 32.1. The molecule has 0 aliphatic carbocycles. The van der Waals surface area contributed by atoms with E-state index in [-0.39, 0.29) is 13.5 Å². The Morgan fingerprint density at radius 2 is 1.68 bits per heavy atom. The van der Waals surface area contributed by atoms with E-state index in [4.69, 9.17) is 32.7 Å². The second kappa shape index (κ2) is 10.4. The second-order valence-corrected chi connectivity index (χ2v) is 4.07. The summed E-state index contributed by atoms with van der Waals surface area (Å²) in [5.74, 6) is 1.23. The van der Waals surface area contributed by atoms with E-state index in [1.165, 1.54) is 13.3 Å². The maximum atomic E-state index is 8.48. The Kier molecular flexibility index (Phi) is 9.25. The number of hydrogen-bond donors (Lipinski definition) is 1. The van der Waals surface area contributed by atoms with Crippen molar-refractivity contribution >= 4 is 30.7 Å². The average molecular weight is 336 g/mol. The zero-order valence-corrected chi connectivity index (χ0v) is 13.9. The summed E-state index contributed by atoms with van der Waals surface area (Å²) in [6, 6.07) is 5.33. The molecule has 0 saturated carbocycles. The number of thiocarbonyl (C=S) groups is 1. The Labute approximate surface area is 141 Å². The van der Waals surface area contributed by atoms with Gasteiger partial charge in [-0.1, -0.05) is 12.2 Å². The maximum absolute atomic E-state index is 8.48. The van der Waals surface area contributed by atoms with E-state index >= 15 is 0 Å². The fraction of sp³-hybridized carbons (Fsp3) is 0.143. The summed E-state index contributed by atoms with van der Waals surface area (Å²) in [6.45, 7) is 0. The summed E-state index contributed by atoms with van der Waals surface area (Å²) in [5, 5.41) is 8.48. The highest BCUT2D eigenvalue weighted by Gasteiger charge is 2.03. The zero-order valence-electron chi connectivity index (χ0n) is 12.1. The SMILES string of the molecule is COc1ccncc1C#N.COc1ccncc1C(N)=S.S. The van der Waals surface area contributed by atoms with Gasteiger partial charge in [0.1, 0.15) is 28.1 Å². The predicted octanol–water partition coefficient (Wildman–Crippen LogP) is 1.80. The first-order valence-corrected chi connectivity index (χ1v) is 6.20. The molecule has 2 heterocycles. The van der Waals surface area contributed by atoms with Crippen molar-refractivity contribution in [2.75, 3.05) is 14.2 Å². The largest absolute Gasteiger partial charge is 0.496 e. The molecule has 8 heteroatoms. The topological polar surface area (TPSA) is 94.0 Å². The van der Waals surface area contributed by atoms with Gasteiger partial charge in [-0.3, -0.25) is 9.97 Å². The molecular formula is C14H16N4O2S2. The Morgan fingerprint density at radius 1 is 1.14 bits per heavy atom. The molecule has 2 aromatic rings. The molecule has 2 aromatic heterocycles. The number of methoxy groups -OCH3 is 2. The number of nitrogens with zero attached hydrogens (tertiary/aromatic N) is 3. The Hall–Kier alpha value is -2.37. The number of rotatable bonds is 3. The van der Waals surface area contributed by atoms with Crippen molar-refractivity contribution in [3.05, 3.63) is 48.0 Å². The van der Waals surface area contributed by atoms with Crippen molar-refractivity contribution in [1.82, 2.24) is 9.97 Å². The van der Waals surface area contributed by atoms with Gasteiger partial charge in [0.05, 0.1) is 19.8 Å². The van der Waals surface area contributed by atoms with Gasteiger partial charge >= 0.3 is 0 Å². The Morgan fingerprint density at radius 3 is 2.09 bits per heavy atom. The third-order valence-corrected chi connectivity index (χ3v) is 2.61. The number of nitriles is 1.